The summed E-state index contributed by atoms with van der Waals surface area (Å²) < 4.78 is 2.38. The van der Waals surface area contributed by atoms with E-state index in [0.29, 0.717) is 6.04 Å². The van der Waals surface area contributed by atoms with Crippen molar-refractivity contribution >= 4 is 11.6 Å². The third-order valence-corrected chi connectivity index (χ3v) is 7.61. The van der Waals surface area contributed by atoms with E-state index < -0.39 is 0 Å². The summed E-state index contributed by atoms with van der Waals surface area (Å²) in [7, 11) is 4.10. The number of hydrogen-bond donors (Lipinski definition) is 1. The number of nitrogens with zero attached hydrogens (tertiary/aromatic N) is 7. The molecule has 0 amide bonds. The monoisotopic (exact) mass is 444 g/mol. The van der Waals surface area contributed by atoms with Crippen molar-refractivity contribution in [3.8, 4) is 11.5 Å². The highest BCUT2D eigenvalue weighted by Crippen LogP contribution is 2.53. The Balaban J connectivity index is 1.32. The molecule has 2 aliphatic heterocycles. The maximum atomic E-state index is 5.07. The zero-order valence-electron chi connectivity index (χ0n) is 20.0. The number of aryl methyl sites for hydroxylation is 1. The van der Waals surface area contributed by atoms with Gasteiger partial charge < -0.3 is 19.7 Å². The molecule has 172 valence electrons. The second-order valence-corrected chi connectivity index (χ2v) is 10.0. The van der Waals surface area contributed by atoms with E-state index in [1.54, 1.807) is 0 Å². The van der Waals surface area contributed by atoms with Crippen molar-refractivity contribution in [3.63, 3.8) is 0 Å². The average Bonchev–Trinajstić information content (AvgIpc) is 3.14. The van der Waals surface area contributed by atoms with E-state index in [0.717, 1.165) is 60.7 Å². The van der Waals surface area contributed by atoms with Crippen molar-refractivity contribution in [2.45, 2.75) is 70.7 Å². The molecule has 6 rings (SSSR count). The molecule has 1 saturated carbocycles. The van der Waals surface area contributed by atoms with Crippen LogP contribution in [0.3, 0.4) is 0 Å². The molecule has 1 aliphatic carbocycles. The minimum Gasteiger partial charge on any atom is -0.357 e. The molecule has 0 unspecified atom stereocenters. The lowest BCUT2D eigenvalue weighted by Gasteiger charge is -2.24. The van der Waals surface area contributed by atoms with Gasteiger partial charge >= 0.3 is 0 Å². The molecule has 1 fully saturated rings. The molecule has 8 nitrogen and oxygen atoms in total. The second kappa shape index (κ2) is 7.52. The van der Waals surface area contributed by atoms with E-state index in [1.165, 1.54) is 30.4 Å². The Morgan fingerprint density at radius 3 is 2.73 bits per heavy atom. The predicted molar refractivity (Wildman–Crippen MR) is 129 cm³/mol. The first-order chi connectivity index (χ1) is 16.0. The lowest BCUT2D eigenvalue weighted by Crippen LogP contribution is -2.27. The smallest absolute Gasteiger partial charge is 0.183 e. The number of fused-ring (bicyclic) bond motifs is 3. The fourth-order valence-corrected chi connectivity index (χ4v) is 5.31. The summed E-state index contributed by atoms with van der Waals surface area (Å²) in [5.41, 5.74) is 4.97. The molecule has 0 saturated heterocycles. The molecule has 0 bridgehead atoms. The molecule has 3 aromatic rings. The number of hydrogen-bond acceptors (Lipinski definition) is 7. The third-order valence-electron chi connectivity index (χ3n) is 7.61. The van der Waals surface area contributed by atoms with Gasteiger partial charge in [0, 0.05) is 44.7 Å². The van der Waals surface area contributed by atoms with Gasteiger partial charge in [-0.25, -0.2) is 9.97 Å². The van der Waals surface area contributed by atoms with Crippen molar-refractivity contribution in [3.05, 3.63) is 46.9 Å². The van der Waals surface area contributed by atoms with Crippen LogP contribution in [0.2, 0.25) is 0 Å². The van der Waals surface area contributed by atoms with Gasteiger partial charge in [0.05, 0.1) is 5.69 Å². The number of pyridine rings is 2. The Hall–Kier alpha value is -3.00. The van der Waals surface area contributed by atoms with Crippen LogP contribution in [0.1, 0.15) is 55.8 Å². The highest BCUT2D eigenvalue weighted by Gasteiger charge is 2.51. The molecule has 3 aliphatic rings. The van der Waals surface area contributed by atoms with E-state index >= 15 is 0 Å². The van der Waals surface area contributed by atoms with Crippen LogP contribution >= 0.6 is 0 Å². The SMILES string of the molecule is CNCc1nc(N(C)C(C)C)cc2c1CN(c1cccc(-c3nnc4n3C3(CC4)CC3)n1)C2. The van der Waals surface area contributed by atoms with Crippen molar-refractivity contribution in [1.82, 2.24) is 30.0 Å². The first-order valence-electron chi connectivity index (χ1n) is 12.1. The number of nitrogens with one attached hydrogen (secondary N) is 1. The largest absolute Gasteiger partial charge is 0.357 e. The standard InChI is InChI=1S/C25H32N8/c1-16(2)31(4)23-12-17-14-32(15-18(17)20(28-23)13-26-3)21-7-5-6-19(27-21)24-30-29-22-8-9-25(10-11-25)33(22)24/h5-7,12,16,26H,8-11,13-15H2,1-4H3. The Morgan fingerprint density at radius 1 is 1.12 bits per heavy atom. The predicted octanol–water partition coefficient (Wildman–Crippen LogP) is 3.25. The zero-order chi connectivity index (χ0) is 22.7. The van der Waals surface area contributed by atoms with Crippen molar-refractivity contribution in [2.24, 2.45) is 0 Å². The highest BCUT2D eigenvalue weighted by atomic mass is 15.3. The van der Waals surface area contributed by atoms with Gasteiger partial charge in [-0.15, -0.1) is 10.2 Å². The lowest BCUT2D eigenvalue weighted by atomic mass is 10.1. The summed E-state index contributed by atoms with van der Waals surface area (Å²) in [6, 6.07) is 8.92. The molecule has 1 N–H and O–H groups in total. The molecule has 3 aromatic heterocycles. The molecule has 1 spiro atoms. The van der Waals surface area contributed by atoms with Crippen molar-refractivity contribution in [2.75, 3.05) is 23.9 Å². The quantitative estimate of drug-likeness (QED) is 0.625. The molecular formula is C25H32N8. The van der Waals surface area contributed by atoms with Gasteiger partial charge in [0.2, 0.25) is 0 Å². The van der Waals surface area contributed by atoms with Crippen LogP contribution in [0.4, 0.5) is 11.6 Å². The van der Waals surface area contributed by atoms with Gasteiger partial charge in [-0.3, -0.25) is 0 Å². The summed E-state index contributed by atoms with van der Waals surface area (Å²) in [4.78, 5) is 14.7. The van der Waals surface area contributed by atoms with Crippen LogP contribution in [0.25, 0.3) is 11.5 Å². The van der Waals surface area contributed by atoms with Crippen LogP contribution in [-0.2, 0) is 31.6 Å². The van der Waals surface area contributed by atoms with E-state index in [-0.39, 0.29) is 5.54 Å². The first-order valence-corrected chi connectivity index (χ1v) is 12.1. The van der Waals surface area contributed by atoms with Crippen molar-refractivity contribution < 1.29 is 0 Å². The summed E-state index contributed by atoms with van der Waals surface area (Å²) in [6.45, 7) is 6.81. The second-order valence-electron chi connectivity index (χ2n) is 10.0. The topological polar surface area (TPSA) is 75.0 Å². The molecular weight excluding hydrogens is 412 g/mol. The van der Waals surface area contributed by atoms with Gasteiger partial charge in [0.25, 0.3) is 0 Å². The van der Waals surface area contributed by atoms with E-state index in [9.17, 15) is 0 Å². The van der Waals surface area contributed by atoms with E-state index in [4.69, 9.17) is 9.97 Å². The van der Waals surface area contributed by atoms with Crippen LogP contribution in [0.15, 0.2) is 24.3 Å². The van der Waals surface area contributed by atoms with Crippen molar-refractivity contribution in [1.29, 1.82) is 0 Å². The zero-order valence-corrected chi connectivity index (χ0v) is 20.0. The third kappa shape index (κ3) is 3.30. The van der Waals surface area contributed by atoms with Gasteiger partial charge in [-0.05, 0) is 69.5 Å². The van der Waals surface area contributed by atoms with Crippen LogP contribution in [-0.4, -0.2) is 44.9 Å². The number of aromatic nitrogens is 5. The lowest BCUT2D eigenvalue weighted by molar-refractivity contribution is 0.512. The summed E-state index contributed by atoms with van der Waals surface area (Å²) in [5.74, 6) is 4.06. The molecule has 33 heavy (non-hydrogen) atoms. The van der Waals surface area contributed by atoms with Gasteiger partial charge in [0.15, 0.2) is 5.82 Å². The fraction of sp³-hybridized carbons (Fsp3) is 0.520. The molecule has 0 atom stereocenters. The van der Waals surface area contributed by atoms with Gasteiger partial charge in [-0.2, -0.15) is 0 Å². The van der Waals surface area contributed by atoms with Gasteiger partial charge in [-0.1, -0.05) is 6.07 Å². The minimum absolute atomic E-state index is 0.266. The molecule has 0 radical (unpaired) electrons. The fourth-order valence-electron chi connectivity index (χ4n) is 5.31. The Bertz CT molecular complexity index is 1210. The first kappa shape index (κ1) is 20.6. The van der Waals surface area contributed by atoms with E-state index in [2.05, 4.69) is 75.0 Å². The number of rotatable bonds is 6. The Morgan fingerprint density at radius 2 is 1.97 bits per heavy atom. The summed E-state index contributed by atoms with van der Waals surface area (Å²) in [5, 5.41) is 12.3. The Kier molecular flexibility index (Phi) is 4.69. The normalized spacial score (nSPS) is 17.7. The molecule has 0 aromatic carbocycles. The molecule has 8 heteroatoms. The highest BCUT2D eigenvalue weighted by molar-refractivity contribution is 5.59. The van der Waals surface area contributed by atoms with Gasteiger partial charge in [0.1, 0.15) is 23.2 Å². The average molecular weight is 445 g/mol. The van der Waals surface area contributed by atoms with E-state index in [1.807, 2.05) is 7.05 Å². The number of anilines is 2. The molecule has 5 heterocycles. The summed E-state index contributed by atoms with van der Waals surface area (Å²) in [6.07, 6.45) is 4.70. The Labute approximate surface area is 195 Å². The van der Waals surface area contributed by atoms with Crippen LogP contribution in [0.5, 0.6) is 0 Å². The van der Waals surface area contributed by atoms with Crippen LogP contribution in [0, 0.1) is 0 Å². The maximum Gasteiger partial charge on any atom is 0.183 e. The summed E-state index contributed by atoms with van der Waals surface area (Å²) >= 11 is 0. The van der Waals surface area contributed by atoms with Crippen LogP contribution < -0.4 is 15.1 Å². The minimum atomic E-state index is 0.266. The maximum absolute atomic E-state index is 5.07.